The largest absolute Gasteiger partial charge is 0.479 e. The Morgan fingerprint density at radius 3 is 1.92 bits per heavy atom. The summed E-state index contributed by atoms with van der Waals surface area (Å²) in [5.41, 5.74) is -1.65. The summed E-state index contributed by atoms with van der Waals surface area (Å²) in [6, 6.07) is 12.9. The van der Waals surface area contributed by atoms with Gasteiger partial charge in [-0.2, -0.15) is 0 Å². The van der Waals surface area contributed by atoms with Crippen molar-refractivity contribution in [2.75, 3.05) is 6.61 Å². The van der Waals surface area contributed by atoms with E-state index in [4.69, 9.17) is 4.74 Å². The van der Waals surface area contributed by atoms with E-state index in [1.165, 1.54) is 0 Å². The summed E-state index contributed by atoms with van der Waals surface area (Å²) in [5, 5.41) is 20.5. The maximum Gasteiger partial charge on any atom is 0.348 e. The molecule has 0 aliphatic rings. The molecular weight excluding hydrogens is 320 g/mol. The molecule has 5 heteroatoms. The van der Waals surface area contributed by atoms with Gasteiger partial charge in [-0.05, 0) is 23.3 Å². The van der Waals surface area contributed by atoms with Crippen molar-refractivity contribution in [1.82, 2.24) is 0 Å². The second-order valence-corrected chi connectivity index (χ2v) is 4.73. The number of carboxylic acid groups (broad SMARTS) is 2. The number of benzene rings is 2. The molecule has 0 bridgehead atoms. The summed E-state index contributed by atoms with van der Waals surface area (Å²) < 4.78 is 5.07. The summed E-state index contributed by atoms with van der Waals surface area (Å²) >= 11 is 0. The van der Waals surface area contributed by atoms with Crippen LogP contribution in [-0.2, 0) is 20.7 Å². The first-order valence-corrected chi connectivity index (χ1v) is 8.58. The van der Waals surface area contributed by atoms with Gasteiger partial charge in [0.25, 0.3) is 5.60 Å². The van der Waals surface area contributed by atoms with Gasteiger partial charge in [-0.1, -0.05) is 70.2 Å². The fraction of sp³-hybridized carbons (Fsp3) is 0.400. The average Bonchev–Trinajstić information content (AvgIpc) is 2.64. The maximum atomic E-state index is 11.4. The number of rotatable bonds is 6. The smallest absolute Gasteiger partial charge is 0.348 e. The molecule has 0 aliphatic carbocycles. The molecule has 2 aromatic carbocycles. The fourth-order valence-corrected chi connectivity index (χ4v) is 2.30. The first-order valence-electron chi connectivity index (χ1n) is 8.58. The third-order valence-electron chi connectivity index (χ3n) is 3.35. The summed E-state index contributed by atoms with van der Waals surface area (Å²) in [7, 11) is 0. The van der Waals surface area contributed by atoms with Crippen LogP contribution < -0.4 is 0 Å². The normalized spacial score (nSPS) is 10.1. The van der Waals surface area contributed by atoms with Gasteiger partial charge >= 0.3 is 11.9 Å². The zero-order chi connectivity index (χ0) is 19.5. The standard InChI is InChI=1S/C16H16O5.2C2H6/c1-2-21-16(14(17)18,15(19)20)10-11-7-8-12-5-3-4-6-13(12)9-11;2*1-2/h3-9H,2,10H2,1H3,(H,17,18)(H,19,20);2*1-2H3. The van der Waals surface area contributed by atoms with Crippen molar-refractivity contribution in [1.29, 1.82) is 0 Å². The predicted octanol–water partition coefficient (Wildman–Crippen LogP) is 4.38. The number of fused-ring (bicyclic) bond motifs is 1. The Labute approximate surface area is 149 Å². The summed E-state index contributed by atoms with van der Waals surface area (Å²) in [4.78, 5) is 22.8. The Morgan fingerprint density at radius 2 is 1.44 bits per heavy atom. The van der Waals surface area contributed by atoms with Crippen LogP contribution in [0.2, 0.25) is 0 Å². The summed E-state index contributed by atoms with van der Waals surface area (Å²) in [6.45, 7) is 9.58. The van der Waals surface area contributed by atoms with Crippen LogP contribution in [0.3, 0.4) is 0 Å². The van der Waals surface area contributed by atoms with Crippen molar-refractivity contribution in [2.45, 2.75) is 46.6 Å². The molecule has 2 aromatic rings. The average molecular weight is 348 g/mol. The van der Waals surface area contributed by atoms with Crippen LogP contribution in [0, 0.1) is 0 Å². The molecule has 25 heavy (non-hydrogen) atoms. The second-order valence-electron chi connectivity index (χ2n) is 4.73. The van der Waals surface area contributed by atoms with E-state index in [0.29, 0.717) is 5.56 Å². The molecule has 5 nitrogen and oxygen atoms in total. The molecule has 0 fully saturated rings. The number of hydrogen-bond acceptors (Lipinski definition) is 3. The van der Waals surface area contributed by atoms with E-state index in [1.807, 2.05) is 58.0 Å². The Balaban J connectivity index is 0.00000134. The maximum absolute atomic E-state index is 11.4. The summed E-state index contributed by atoms with van der Waals surface area (Å²) in [6.07, 6.45) is -0.226. The lowest BCUT2D eigenvalue weighted by Gasteiger charge is -2.24. The van der Waals surface area contributed by atoms with E-state index in [-0.39, 0.29) is 13.0 Å². The minimum atomic E-state index is -2.25. The number of carbonyl (C=O) groups is 2. The van der Waals surface area contributed by atoms with E-state index in [2.05, 4.69) is 0 Å². The van der Waals surface area contributed by atoms with Crippen LogP contribution in [0.5, 0.6) is 0 Å². The molecule has 0 amide bonds. The van der Waals surface area contributed by atoms with Crippen LogP contribution in [0.25, 0.3) is 10.8 Å². The van der Waals surface area contributed by atoms with Gasteiger partial charge in [0.2, 0.25) is 0 Å². The number of carboxylic acids is 2. The van der Waals surface area contributed by atoms with E-state index in [9.17, 15) is 19.8 Å². The van der Waals surface area contributed by atoms with Crippen LogP contribution >= 0.6 is 0 Å². The lowest BCUT2D eigenvalue weighted by Crippen LogP contribution is -2.51. The number of ether oxygens (including phenoxy) is 1. The Morgan fingerprint density at radius 1 is 0.920 bits per heavy atom. The number of hydrogen-bond donors (Lipinski definition) is 2. The molecule has 0 aliphatic heterocycles. The van der Waals surface area contributed by atoms with Gasteiger partial charge in [0.1, 0.15) is 0 Å². The Kier molecular flexibility index (Phi) is 10.1. The zero-order valence-corrected chi connectivity index (χ0v) is 15.6. The zero-order valence-electron chi connectivity index (χ0n) is 15.6. The van der Waals surface area contributed by atoms with Crippen molar-refractivity contribution >= 4 is 22.7 Å². The van der Waals surface area contributed by atoms with E-state index >= 15 is 0 Å². The van der Waals surface area contributed by atoms with Gasteiger partial charge in [-0.25, -0.2) is 9.59 Å². The summed E-state index contributed by atoms with van der Waals surface area (Å²) in [5.74, 6) is -2.99. The monoisotopic (exact) mass is 348 g/mol. The van der Waals surface area contributed by atoms with Crippen LogP contribution in [0.4, 0.5) is 0 Å². The first kappa shape index (κ1) is 22.6. The molecule has 0 aromatic heterocycles. The molecule has 0 saturated heterocycles. The Hall–Kier alpha value is -2.40. The highest BCUT2D eigenvalue weighted by molar-refractivity contribution is 6.02. The van der Waals surface area contributed by atoms with Gasteiger partial charge in [0, 0.05) is 13.0 Å². The van der Waals surface area contributed by atoms with Crippen molar-refractivity contribution in [3.05, 3.63) is 48.0 Å². The van der Waals surface area contributed by atoms with Gasteiger partial charge in [-0.3, -0.25) is 0 Å². The topological polar surface area (TPSA) is 83.8 Å². The third-order valence-corrected chi connectivity index (χ3v) is 3.35. The van der Waals surface area contributed by atoms with E-state index < -0.39 is 17.5 Å². The second kappa shape index (κ2) is 11.2. The van der Waals surface area contributed by atoms with Crippen molar-refractivity contribution < 1.29 is 24.5 Å². The van der Waals surface area contributed by atoms with Crippen molar-refractivity contribution in [3.8, 4) is 0 Å². The van der Waals surface area contributed by atoms with Crippen molar-refractivity contribution in [3.63, 3.8) is 0 Å². The first-order chi connectivity index (χ1) is 12.0. The molecule has 0 spiro atoms. The predicted molar refractivity (Wildman–Crippen MR) is 100.0 cm³/mol. The van der Waals surface area contributed by atoms with Crippen LogP contribution in [0.1, 0.15) is 40.2 Å². The van der Waals surface area contributed by atoms with Gasteiger partial charge in [-0.15, -0.1) is 0 Å². The molecule has 2 N–H and O–H groups in total. The highest BCUT2D eigenvalue weighted by Gasteiger charge is 2.48. The molecule has 0 unspecified atom stereocenters. The van der Waals surface area contributed by atoms with E-state index in [1.54, 1.807) is 19.1 Å². The van der Waals surface area contributed by atoms with Crippen molar-refractivity contribution in [2.24, 2.45) is 0 Å². The van der Waals surface area contributed by atoms with Gasteiger partial charge < -0.3 is 14.9 Å². The van der Waals surface area contributed by atoms with Crippen LogP contribution in [0.15, 0.2) is 42.5 Å². The molecule has 0 heterocycles. The molecular formula is C20H28O5. The number of aliphatic carboxylic acids is 2. The van der Waals surface area contributed by atoms with Gasteiger partial charge in [0.05, 0.1) is 0 Å². The quantitative estimate of drug-likeness (QED) is 0.757. The highest BCUT2D eigenvalue weighted by Crippen LogP contribution is 2.23. The molecule has 0 atom stereocenters. The molecule has 138 valence electrons. The molecule has 0 radical (unpaired) electrons. The van der Waals surface area contributed by atoms with E-state index in [0.717, 1.165) is 10.8 Å². The minimum absolute atomic E-state index is 0.00613. The minimum Gasteiger partial charge on any atom is -0.479 e. The lowest BCUT2D eigenvalue weighted by atomic mass is 9.93. The SMILES string of the molecule is CC.CC.CCOC(Cc1ccc2ccccc2c1)(C(=O)O)C(=O)O. The third kappa shape index (κ3) is 5.57. The molecule has 2 rings (SSSR count). The van der Waals surface area contributed by atoms with Crippen LogP contribution in [-0.4, -0.2) is 34.4 Å². The highest BCUT2D eigenvalue weighted by atomic mass is 16.5. The lowest BCUT2D eigenvalue weighted by molar-refractivity contribution is -0.182. The molecule has 0 saturated carbocycles. The fourth-order valence-electron chi connectivity index (χ4n) is 2.30. The van der Waals surface area contributed by atoms with Gasteiger partial charge in [0.15, 0.2) is 0 Å². The Bertz CT molecular complexity index is 665.